The van der Waals surface area contributed by atoms with Gasteiger partial charge in [0.05, 0.1) is 18.5 Å². The topological polar surface area (TPSA) is 559 Å². The van der Waals surface area contributed by atoms with E-state index >= 15 is 4.79 Å². The number of imidazole rings is 1. The molecule has 37 heteroatoms. The smallest absolute Gasteiger partial charge is 0.303 e. The van der Waals surface area contributed by atoms with E-state index in [-0.39, 0.29) is 61.5 Å². The number of nitrogens with one attached hydrogen (secondary N) is 13. The summed E-state index contributed by atoms with van der Waals surface area (Å²) in [4.78, 5) is 200. The normalized spacial score (nSPS) is 23.5. The van der Waals surface area contributed by atoms with E-state index in [1.165, 1.54) is 97.0 Å². The highest BCUT2D eigenvalue weighted by Gasteiger charge is 2.40. The van der Waals surface area contributed by atoms with Crippen molar-refractivity contribution in [2.45, 2.75) is 196 Å². The van der Waals surface area contributed by atoms with Crippen molar-refractivity contribution in [2.24, 2.45) is 11.1 Å². The Bertz CT molecular complexity index is 4270. The van der Waals surface area contributed by atoms with E-state index in [4.69, 9.17) is 5.73 Å². The number of benzene rings is 3. The fourth-order valence-electron chi connectivity index (χ4n) is 12.1. The third-order valence-corrected chi connectivity index (χ3v) is 20.4. The molecule has 12 amide bonds. The maximum absolute atomic E-state index is 15.0. The van der Waals surface area contributed by atoms with Crippen LogP contribution >= 0.6 is 23.5 Å². The molecule has 0 spiro atoms. The molecule has 0 radical (unpaired) electrons. The van der Waals surface area contributed by atoms with Crippen molar-refractivity contribution in [1.82, 2.24) is 78.4 Å². The van der Waals surface area contributed by atoms with Crippen LogP contribution < -0.4 is 64.2 Å². The summed E-state index contributed by atoms with van der Waals surface area (Å²) in [6, 6.07) is 3.80. The van der Waals surface area contributed by atoms with E-state index in [2.05, 4.69) is 78.4 Å². The van der Waals surface area contributed by atoms with Crippen molar-refractivity contribution in [1.29, 1.82) is 0 Å². The Labute approximate surface area is 659 Å². The molecule has 0 unspecified atom stereocenters. The second kappa shape index (κ2) is 43.0. The largest absolute Gasteiger partial charge is 0.508 e. The number of aromatic amines is 2. The number of carboxylic acids is 1. The quantitative estimate of drug-likeness (QED) is 0.0501. The number of hydrogen-bond donors (Lipinski definition) is 20. The molecule has 13 atom stereocenters. The number of H-pyrrole nitrogens is 2. The van der Waals surface area contributed by atoms with Crippen molar-refractivity contribution in [3.63, 3.8) is 0 Å². The minimum absolute atomic E-state index is 0.0513. The van der Waals surface area contributed by atoms with E-state index in [9.17, 15) is 88.2 Å². The second-order valence-electron chi connectivity index (χ2n) is 28.5. The van der Waals surface area contributed by atoms with Crippen LogP contribution in [-0.2, 0) is 99.5 Å². The van der Waals surface area contributed by atoms with Gasteiger partial charge in [-0.25, -0.2) is 9.97 Å². The van der Waals surface area contributed by atoms with Gasteiger partial charge in [-0.15, -0.1) is 0 Å². The number of primary amides is 1. The SMILES string of the molecule is CCC[C@@H]1NC(=O)[C@H](Cc2c[nH]c3ncccc23)NC(=O)[C@H]([C@@H](C)O)NC(=O)[C@H](Cc2cnc[nH]2)NC(=O)[C@H](Cc2ccc(O)cc2)NC(=O)[C@H](C(C)(C)C)NC(=O)CCSCc2cccc(c2)CSC[C@@H](C(N)=O)NC(=O)[C@H]([C@@H](C)O)NC(=O)[C@H](CCO)NC(=O)[C@H](Cc2ccc(O)cc2)NC(=O)[C@H](CCC(=O)O)NC1=O. The van der Waals surface area contributed by atoms with Gasteiger partial charge in [0.2, 0.25) is 70.9 Å². The number of nitrogens with two attached hydrogens (primary N) is 1. The summed E-state index contributed by atoms with van der Waals surface area (Å²) < 4.78 is 0. The van der Waals surface area contributed by atoms with Crippen LogP contribution in [0.25, 0.3) is 11.0 Å². The van der Waals surface area contributed by atoms with Gasteiger partial charge in [0.25, 0.3) is 0 Å². The standard InChI is InChI=1S/C76H100N16O19S2/c1-7-10-51-66(102)83-52(22-23-60(99)100)67(103)85-54(30-42-14-18-48(96)19-15-42)69(105)84-53(24-27-93)68(104)91-62(41(3)95)74(110)89-58(64(77)101)38-113-37-45-12-8-11-44(29-45)36-112-28-25-59(98)90-63(76(4,5)6)75(111)88-55(31-43-16-20-49(97)21-17-43)70(106)86-57(33-47-35-78-39-81-47)72(108)92-61(40(2)94)73(109)87-56(71(107)82-51)32-46-34-80-65-50(46)13-9-26-79-65/h8-9,11-21,26,29,34-35,39-41,51-58,61-63,93-97H,7,10,22-25,27-28,30-33,36-38H2,1-6H3,(H2,77,101)(H,78,81)(H,79,80)(H,82,107)(H,83,102)(H,84,105)(H,85,103)(H,86,106)(H,87,109)(H,88,111)(H,89,110)(H,90,98)(H,91,104)(H,92,108)(H,99,100)/t40-,41-,51+,52+,53+,54+,55+,56+,57+,58+,61+,62+,63-/m1/s1. The zero-order chi connectivity index (χ0) is 82.6. The van der Waals surface area contributed by atoms with Gasteiger partial charge < -0.3 is 105 Å². The average molecular weight is 1610 g/mol. The number of aliphatic carboxylic acids is 1. The lowest BCUT2D eigenvalue weighted by Crippen LogP contribution is -2.63. The molecular weight excluding hydrogens is 1510 g/mol. The van der Waals surface area contributed by atoms with Crippen molar-refractivity contribution < 1.29 is 93.0 Å². The number of aromatic nitrogens is 4. The summed E-state index contributed by atoms with van der Waals surface area (Å²) >= 11 is 2.63. The van der Waals surface area contributed by atoms with Crippen LogP contribution in [0.4, 0.5) is 0 Å². The van der Waals surface area contributed by atoms with Crippen molar-refractivity contribution in [3.05, 3.63) is 143 Å². The first-order valence-corrected chi connectivity index (χ1v) is 39.0. The first-order chi connectivity index (χ1) is 53.7. The number of amides is 12. The number of thioether (sulfide) groups is 2. The lowest BCUT2D eigenvalue weighted by Gasteiger charge is -2.32. The number of carbonyl (C=O) groups excluding carboxylic acids is 12. The van der Waals surface area contributed by atoms with Crippen molar-refractivity contribution in [3.8, 4) is 11.5 Å². The number of aromatic hydroxyl groups is 2. The number of aliphatic hydroxyl groups is 3. The minimum atomic E-state index is -1.92. The number of hydrogen-bond acceptors (Lipinski definition) is 22. The molecule has 1 aliphatic heterocycles. The van der Waals surface area contributed by atoms with Gasteiger partial charge in [-0.2, -0.15) is 23.5 Å². The molecule has 0 aliphatic carbocycles. The Hall–Kier alpha value is -11.2. The predicted octanol–water partition coefficient (Wildman–Crippen LogP) is -0.789. The lowest BCUT2D eigenvalue weighted by atomic mass is 9.85. The van der Waals surface area contributed by atoms with E-state index in [0.29, 0.717) is 44.9 Å². The number of fused-ring (bicyclic) bond motifs is 3. The Morgan fingerprint density at radius 1 is 0.558 bits per heavy atom. The number of carbonyl (C=O) groups is 13. The van der Waals surface area contributed by atoms with Gasteiger partial charge in [-0.1, -0.05) is 82.6 Å². The molecule has 610 valence electrons. The van der Waals surface area contributed by atoms with Crippen LogP contribution in [-0.4, -0.2) is 224 Å². The average Bonchev–Trinajstić information content (AvgIpc) is 1.75. The Morgan fingerprint density at radius 2 is 1.04 bits per heavy atom. The Balaban J connectivity index is 1.25. The molecule has 35 nitrogen and oxygen atoms in total. The van der Waals surface area contributed by atoms with Crippen LogP contribution in [0.3, 0.4) is 0 Å². The maximum Gasteiger partial charge on any atom is 0.303 e. The number of phenolic OH excluding ortho intramolecular Hbond substituents is 2. The number of phenols is 2. The van der Waals surface area contributed by atoms with E-state index in [0.717, 1.165) is 25.0 Å². The monoisotopic (exact) mass is 1600 g/mol. The Morgan fingerprint density at radius 3 is 1.55 bits per heavy atom. The van der Waals surface area contributed by atoms with Gasteiger partial charge in [-0.3, -0.25) is 62.3 Å². The number of aliphatic hydroxyl groups excluding tert-OH is 3. The van der Waals surface area contributed by atoms with Crippen LogP contribution in [0, 0.1) is 5.41 Å². The number of rotatable bonds is 18. The summed E-state index contributed by atoms with van der Waals surface area (Å²) in [7, 11) is 0. The van der Waals surface area contributed by atoms with Crippen LogP contribution in [0.2, 0.25) is 0 Å². The highest BCUT2D eigenvalue weighted by Crippen LogP contribution is 2.24. The van der Waals surface area contributed by atoms with E-state index in [1.54, 1.807) is 45.9 Å². The number of pyridine rings is 1. The molecule has 7 rings (SSSR count). The van der Waals surface area contributed by atoms with Crippen LogP contribution in [0.15, 0.2) is 110 Å². The predicted molar refractivity (Wildman–Crippen MR) is 416 cm³/mol. The molecule has 0 saturated carbocycles. The molecule has 3 aromatic heterocycles. The summed E-state index contributed by atoms with van der Waals surface area (Å²) in [5, 5.41) is 91.6. The summed E-state index contributed by atoms with van der Waals surface area (Å²) in [6.45, 7) is 8.32. The second-order valence-corrected chi connectivity index (χ2v) is 30.7. The molecule has 2 bridgehead atoms. The molecule has 0 saturated heterocycles. The molecule has 4 heterocycles. The first-order valence-electron chi connectivity index (χ1n) is 36.7. The fourth-order valence-corrected chi connectivity index (χ4v) is 14.0. The Kier molecular flexibility index (Phi) is 33.9. The third kappa shape index (κ3) is 27.9. The summed E-state index contributed by atoms with van der Waals surface area (Å²) in [5.41, 5.74) is 8.27. The van der Waals surface area contributed by atoms with E-state index < -0.39 is 193 Å². The highest BCUT2D eigenvalue weighted by atomic mass is 32.2. The van der Waals surface area contributed by atoms with Gasteiger partial charge in [0.15, 0.2) is 0 Å². The van der Waals surface area contributed by atoms with Gasteiger partial charge >= 0.3 is 5.97 Å². The van der Waals surface area contributed by atoms with Crippen LogP contribution in [0.5, 0.6) is 11.5 Å². The van der Waals surface area contributed by atoms with Crippen molar-refractivity contribution in [2.75, 3.05) is 18.1 Å². The van der Waals surface area contributed by atoms with Gasteiger partial charge in [0.1, 0.15) is 83.6 Å². The number of nitrogens with zero attached hydrogens (tertiary/aromatic N) is 2. The minimum Gasteiger partial charge on any atom is -0.508 e. The molecule has 6 aromatic rings. The molecule has 1 aliphatic rings. The van der Waals surface area contributed by atoms with E-state index in [1.807, 2.05) is 18.2 Å². The fraction of sp³-hybridized carbons (Fsp3) is 0.461. The van der Waals surface area contributed by atoms with Gasteiger partial charge in [0, 0.05) is 97.8 Å². The summed E-state index contributed by atoms with van der Waals surface area (Å²) in [6.07, 6.45) is -0.999. The van der Waals surface area contributed by atoms with Crippen molar-refractivity contribution >= 4 is 111 Å². The summed E-state index contributed by atoms with van der Waals surface area (Å²) in [5.74, 6) is -12.8. The van der Waals surface area contributed by atoms with Gasteiger partial charge in [-0.05, 0) is 103 Å². The first kappa shape index (κ1) is 89.1. The zero-order valence-corrected chi connectivity index (χ0v) is 64.9. The van der Waals surface area contributed by atoms with Crippen LogP contribution in [0.1, 0.15) is 114 Å². The molecule has 113 heavy (non-hydrogen) atoms. The zero-order valence-electron chi connectivity index (χ0n) is 63.3. The highest BCUT2D eigenvalue weighted by molar-refractivity contribution is 7.98. The number of carboxylic acid groups (broad SMARTS) is 1. The molecule has 0 fully saturated rings. The molecular formula is C76H100N16O19S2. The molecule has 3 aromatic carbocycles. The lowest BCUT2D eigenvalue weighted by molar-refractivity contribution is -0.139. The third-order valence-electron chi connectivity index (χ3n) is 18.3. The maximum atomic E-state index is 15.0. The molecule has 21 N–H and O–H groups in total.